The standard InChI is InChI=1S/C22H16F4N2O6S3/c1-14(28-37(33,34)22(24,25)26)15-7-10-17(11-8-15)35(29,30)20-12-9-16(27-2)13-21(20)36(31,32)19-6-4-3-5-18(19)23/h3-14,28H,1H3/t14-/m0/s1. The molecule has 8 nitrogen and oxygen atoms in total. The predicted molar refractivity (Wildman–Crippen MR) is 123 cm³/mol. The van der Waals surface area contributed by atoms with Crippen molar-refractivity contribution in [3.8, 4) is 0 Å². The van der Waals surface area contributed by atoms with E-state index in [0.717, 1.165) is 61.5 Å². The van der Waals surface area contributed by atoms with Crippen molar-refractivity contribution in [1.29, 1.82) is 0 Å². The Hall–Kier alpha value is -3.32. The van der Waals surface area contributed by atoms with Gasteiger partial charge in [0.25, 0.3) is 0 Å². The molecule has 1 N–H and O–H groups in total. The quantitative estimate of drug-likeness (QED) is 0.326. The van der Waals surface area contributed by atoms with Crippen LogP contribution < -0.4 is 4.72 Å². The third-order valence-electron chi connectivity index (χ3n) is 5.09. The van der Waals surface area contributed by atoms with Gasteiger partial charge in [-0.3, -0.25) is 0 Å². The van der Waals surface area contributed by atoms with E-state index < -0.39 is 66.6 Å². The molecular formula is C22H16F4N2O6S3. The molecule has 3 aromatic carbocycles. The Kier molecular flexibility index (Phi) is 7.53. The third kappa shape index (κ3) is 5.52. The van der Waals surface area contributed by atoms with Gasteiger partial charge in [-0.05, 0) is 42.8 Å². The number of nitrogens with one attached hydrogen (secondary N) is 1. The first-order chi connectivity index (χ1) is 17.0. The van der Waals surface area contributed by atoms with Crippen LogP contribution in [0.2, 0.25) is 0 Å². The SMILES string of the molecule is [C-]#[N+]c1ccc(S(=O)(=O)c2ccc([C@H](C)NS(=O)(=O)C(F)(F)F)cc2)c(S(=O)(=O)c2ccccc2F)c1. The number of hydrogen-bond acceptors (Lipinski definition) is 6. The van der Waals surface area contributed by atoms with Crippen molar-refractivity contribution in [1.82, 2.24) is 4.72 Å². The highest BCUT2D eigenvalue weighted by Gasteiger charge is 2.46. The Bertz CT molecular complexity index is 1710. The van der Waals surface area contributed by atoms with Gasteiger partial charge in [0.05, 0.1) is 21.3 Å². The van der Waals surface area contributed by atoms with Crippen LogP contribution in [0.5, 0.6) is 0 Å². The Balaban J connectivity index is 2.09. The van der Waals surface area contributed by atoms with Gasteiger partial charge in [-0.15, -0.1) is 0 Å². The summed E-state index contributed by atoms with van der Waals surface area (Å²) in [6.07, 6.45) is 0. The second-order valence-corrected chi connectivity index (χ2v) is 13.0. The van der Waals surface area contributed by atoms with Gasteiger partial charge in [0.2, 0.25) is 19.7 Å². The molecule has 0 unspecified atom stereocenters. The summed E-state index contributed by atoms with van der Waals surface area (Å²) in [5, 5.41) is 0. The van der Waals surface area contributed by atoms with Crippen LogP contribution >= 0.6 is 0 Å². The minimum Gasteiger partial charge on any atom is -0.238 e. The van der Waals surface area contributed by atoms with Crippen LogP contribution in [0.25, 0.3) is 4.85 Å². The van der Waals surface area contributed by atoms with E-state index in [9.17, 15) is 42.8 Å². The van der Waals surface area contributed by atoms with Crippen molar-refractivity contribution in [2.45, 2.75) is 38.1 Å². The molecule has 0 aromatic heterocycles. The van der Waals surface area contributed by atoms with Crippen LogP contribution in [0.3, 0.4) is 0 Å². The molecule has 0 heterocycles. The average Bonchev–Trinajstić information content (AvgIpc) is 2.82. The molecule has 0 saturated heterocycles. The fourth-order valence-electron chi connectivity index (χ4n) is 3.21. The second kappa shape index (κ2) is 9.86. The number of halogens is 4. The summed E-state index contributed by atoms with van der Waals surface area (Å²) < 4.78 is 129. The van der Waals surface area contributed by atoms with Gasteiger partial charge in [0.15, 0.2) is 5.69 Å². The fraction of sp³-hybridized carbons (Fsp3) is 0.136. The molecule has 37 heavy (non-hydrogen) atoms. The van der Waals surface area contributed by atoms with Crippen molar-refractivity contribution >= 4 is 35.4 Å². The molecular weight excluding hydrogens is 560 g/mol. The monoisotopic (exact) mass is 576 g/mol. The van der Waals surface area contributed by atoms with Crippen LogP contribution in [0.4, 0.5) is 23.2 Å². The van der Waals surface area contributed by atoms with E-state index in [4.69, 9.17) is 6.57 Å². The summed E-state index contributed by atoms with van der Waals surface area (Å²) in [4.78, 5) is 0.193. The topological polar surface area (TPSA) is 119 Å². The van der Waals surface area contributed by atoms with Crippen molar-refractivity contribution in [3.05, 3.63) is 89.5 Å². The van der Waals surface area contributed by atoms with Crippen LogP contribution in [0.15, 0.2) is 86.3 Å². The molecule has 0 saturated carbocycles. The Morgan fingerprint density at radius 2 is 1.41 bits per heavy atom. The highest BCUT2D eigenvalue weighted by molar-refractivity contribution is 7.94. The van der Waals surface area contributed by atoms with Gasteiger partial charge in [-0.1, -0.05) is 36.4 Å². The van der Waals surface area contributed by atoms with Gasteiger partial charge in [0.1, 0.15) is 10.7 Å². The molecule has 0 spiro atoms. The zero-order valence-corrected chi connectivity index (χ0v) is 21.0. The lowest BCUT2D eigenvalue weighted by Crippen LogP contribution is -2.37. The molecule has 0 aliphatic heterocycles. The van der Waals surface area contributed by atoms with E-state index in [1.165, 1.54) is 16.9 Å². The normalized spacial score (nSPS) is 13.6. The minimum atomic E-state index is -5.67. The van der Waals surface area contributed by atoms with Crippen LogP contribution in [0, 0.1) is 12.4 Å². The lowest BCUT2D eigenvalue weighted by molar-refractivity contribution is -0.0450. The zero-order chi connectivity index (χ0) is 27.8. The Labute approximate surface area is 210 Å². The third-order valence-corrected chi connectivity index (χ3v) is 10.1. The Morgan fingerprint density at radius 3 is 1.95 bits per heavy atom. The summed E-state index contributed by atoms with van der Waals surface area (Å²) in [5.41, 5.74) is -5.80. The largest absolute Gasteiger partial charge is 0.511 e. The van der Waals surface area contributed by atoms with Crippen molar-refractivity contribution in [3.63, 3.8) is 0 Å². The van der Waals surface area contributed by atoms with E-state index in [1.807, 2.05) is 0 Å². The summed E-state index contributed by atoms with van der Waals surface area (Å²) in [6, 6.07) is 9.61. The van der Waals surface area contributed by atoms with Crippen LogP contribution in [-0.4, -0.2) is 30.8 Å². The van der Waals surface area contributed by atoms with Gasteiger partial charge >= 0.3 is 15.5 Å². The molecule has 0 aliphatic rings. The van der Waals surface area contributed by atoms with Crippen molar-refractivity contribution in [2.24, 2.45) is 0 Å². The number of hydrogen-bond donors (Lipinski definition) is 1. The number of rotatable bonds is 7. The van der Waals surface area contributed by atoms with Gasteiger partial charge in [-0.25, -0.2) is 39.2 Å². The highest BCUT2D eigenvalue weighted by atomic mass is 32.2. The van der Waals surface area contributed by atoms with E-state index in [1.54, 1.807) is 0 Å². The first-order valence-electron chi connectivity index (χ1n) is 9.97. The second-order valence-electron chi connectivity index (χ2n) is 7.54. The first kappa shape index (κ1) is 28.3. The van der Waals surface area contributed by atoms with Crippen LogP contribution in [-0.2, 0) is 29.7 Å². The fourth-order valence-corrected chi connectivity index (χ4v) is 7.35. The average molecular weight is 577 g/mol. The maximum absolute atomic E-state index is 14.3. The molecule has 196 valence electrons. The summed E-state index contributed by atoms with van der Waals surface area (Å²) >= 11 is 0. The summed E-state index contributed by atoms with van der Waals surface area (Å²) in [5.74, 6) is -1.14. The molecule has 15 heteroatoms. The van der Waals surface area contributed by atoms with Crippen LogP contribution in [0.1, 0.15) is 18.5 Å². The van der Waals surface area contributed by atoms with E-state index in [2.05, 4.69) is 4.85 Å². The zero-order valence-electron chi connectivity index (χ0n) is 18.6. The first-order valence-corrected chi connectivity index (χ1v) is 14.4. The number of sulfonamides is 1. The maximum atomic E-state index is 14.3. The number of sulfone groups is 2. The lowest BCUT2D eigenvalue weighted by Gasteiger charge is -2.17. The number of alkyl halides is 3. The van der Waals surface area contributed by atoms with E-state index in [0.29, 0.717) is 0 Å². The maximum Gasteiger partial charge on any atom is 0.511 e. The van der Waals surface area contributed by atoms with Gasteiger partial charge in [0, 0.05) is 6.04 Å². The molecule has 0 radical (unpaired) electrons. The van der Waals surface area contributed by atoms with Crippen molar-refractivity contribution in [2.75, 3.05) is 0 Å². The Morgan fingerprint density at radius 1 is 0.811 bits per heavy atom. The molecule has 1 atom stereocenters. The molecule has 3 aromatic rings. The molecule has 0 aliphatic carbocycles. The molecule has 3 rings (SSSR count). The molecule has 0 fully saturated rings. The number of benzene rings is 3. The molecule has 0 bridgehead atoms. The van der Waals surface area contributed by atoms with Gasteiger partial charge < -0.3 is 0 Å². The van der Waals surface area contributed by atoms with Crippen molar-refractivity contribution < 1.29 is 42.8 Å². The lowest BCUT2D eigenvalue weighted by atomic mass is 10.1. The smallest absolute Gasteiger partial charge is 0.238 e. The molecule has 0 amide bonds. The highest BCUT2D eigenvalue weighted by Crippen LogP contribution is 2.35. The summed E-state index contributed by atoms with van der Waals surface area (Å²) in [7, 11) is -15.1. The predicted octanol–water partition coefficient (Wildman–Crippen LogP) is 4.54. The summed E-state index contributed by atoms with van der Waals surface area (Å²) in [6.45, 7) is 8.24. The van der Waals surface area contributed by atoms with Gasteiger partial charge in [-0.2, -0.15) is 13.2 Å². The minimum absolute atomic E-state index is 0.0191. The van der Waals surface area contributed by atoms with E-state index >= 15 is 0 Å². The number of nitrogens with zero attached hydrogens (tertiary/aromatic N) is 1. The van der Waals surface area contributed by atoms with E-state index in [-0.39, 0.29) is 11.3 Å².